The molecule has 3 saturated carbocycles. The number of nitrogens with one attached hydrogen (secondary N) is 1. The fraction of sp³-hybridized carbons (Fsp3) is 0.434. The molecule has 8 nitrogen and oxygen atoms in total. The molecule has 3 fully saturated rings. The number of allylic oxidation sites excluding steroid dienone is 4. The number of fused-ring (bicyclic) bond motifs is 1. The molecule has 6 aliphatic rings. The quantitative estimate of drug-likeness (QED) is 0.103. The largest absolute Gasteiger partial charge is 0.497 e. The monoisotopic (exact) mass is 820 g/mol. The van der Waals surface area contributed by atoms with E-state index in [4.69, 9.17) is 9.47 Å². The zero-order valence-corrected chi connectivity index (χ0v) is 36.2. The number of ether oxygens (including phenoxy) is 2. The van der Waals surface area contributed by atoms with Crippen LogP contribution in [0.4, 0.5) is 4.79 Å². The Kier molecular flexibility index (Phi) is 10.3. The summed E-state index contributed by atoms with van der Waals surface area (Å²) in [5.41, 5.74) is 1.97. The van der Waals surface area contributed by atoms with Crippen molar-refractivity contribution in [3.05, 3.63) is 144 Å². The number of carbonyl (C=O) groups excluding carboxylic acids is 2. The molecule has 9 atom stereocenters. The van der Waals surface area contributed by atoms with Crippen LogP contribution in [0.2, 0.25) is 0 Å². The number of ketones is 1. The van der Waals surface area contributed by atoms with E-state index in [1.54, 1.807) is 19.1 Å². The lowest BCUT2D eigenvalue weighted by molar-refractivity contribution is -0.174. The Hall–Kier alpha value is -5.18. The van der Waals surface area contributed by atoms with E-state index in [1.165, 1.54) is 0 Å². The van der Waals surface area contributed by atoms with Gasteiger partial charge in [0.05, 0.1) is 45.1 Å². The fourth-order valence-corrected chi connectivity index (χ4v) is 13.1. The van der Waals surface area contributed by atoms with E-state index in [0.717, 1.165) is 53.5 Å². The molecule has 2 bridgehead atoms. The van der Waals surface area contributed by atoms with Crippen LogP contribution in [0, 0.1) is 33.5 Å². The minimum Gasteiger partial charge on any atom is -0.497 e. The SMILES string of the molecule is COc1ccc(CN(C[C@]2(O)CC[C@H]3[C@]45C=C[C@@]6(C=C4C(=O)c4ccccc4-c4ccccc4)CC(O)CC[C@]6(C)[C@H]5CC[C@@]32C)C(=O)N[C@H](C)c2ccccc2)c(OC)c1. The van der Waals surface area contributed by atoms with E-state index in [-0.39, 0.29) is 48.2 Å². The predicted molar refractivity (Wildman–Crippen MR) is 238 cm³/mol. The van der Waals surface area contributed by atoms with Gasteiger partial charge in [-0.1, -0.05) is 117 Å². The van der Waals surface area contributed by atoms with Crippen molar-refractivity contribution in [3.63, 3.8) is 0 Å². The van der Waals surface area contributed by atoms with E-state index < -0.39 is 27.9 Å². The van der Waals surface area contributed by atoms with E-state index in [1.807, 2.05) is 97.9 Å². The van der Waals surface area contributed by atoms with Gasteiger partial charge >= 0.3 is 6.03 Å². The molecule has 2 amide bonds. The topological polar surface area (TPSA) is 108 Å². The first kappa shape index (κ1) is 41.2. The van der Waals surface area contributed by atoms with Crippen molar-refractivity contribution in [2.75, 3.05) is 20.8 Å². The Balaban J connectivity index is 1.12. The number of methoxy groups -OCH3 is 2. The highest BCUT2D eigenvalue weighted by Crippen LogP contribution is 2.78. The molecule has 0 aromatic heterocycles. The van der Waals surface area contributed by atoms with E-state index >= 15 is 4.79 Å². The van der Waals surface area contributed by atoms with Crippen LogP contribution >= 0.6 is 0 Å². The first-order valence-corrected chi connectivity index (χ1v) is 22.2. The van der Waals surface area contributed by atoms with Gasteiger partial charge in [0.1, 0.15) is 11.5 Å². The van der Waals surface area contributed by atoms with Gasteiger partial charge in [-0.3, -0.25) is 4.79 Å². The summed E-state index contributed by atoms with van der Waals surface area (Å²) in [6.07, 6.45) is 11.5. The summed E-state index contributed by atoms with van der Waals surface area (Å²) in [7, 11) is 3.23. The van der Waals surface area contributed by atoms with Gasteiger partial charge in [-0.05, 0) is 97.9 Å². The van der Waals surface area contributed by atoms with Gasteiger partial charge < -0.3 is 29.9 Å². The lowest BCUT2D eigenvalue weighted by atomic mass is 9.32. The molecule has 8 heteroatoms. The van der Waals surface area contributed by atoms with Gasteiger partial charge in [-0.2, -0.15) is 0 Å². The van der Waals surface area contributed by atoms with Gasteiger partial charge in [-0.15, -0.1) is 0 Å². The third-order valence-electron chi connectivity index (χ3n) is 16.4. The second kappa shape index (κ2) is 15.3. The fourth-order valence-electron chi connectivity index (χ4n) is 13.1. The molecule has 10 rings (SSSR count). The molecular formula is C53H60N2O6. The minimum absolute atomic E-state index is 0.0254. The standard InChI is InChI=1S/C53H60N2O6/c1-35(36-14-8-6-9-15-36)54-48(58)55(33-38-20-21-40(60-4)30-44(38)61-5)34-52(59)27-24-46-50(52,3)26-23-45-49(2)25-22-39(56)31-51(49)28-29-53(45,46)43(32-51)47(57)42-19-13-12-18-41(42)37-16-10-7-11-17-37/h6-21,28-30,32,35,39,45-46,56,59H,22-27,31,33-34H2,1-5H3,(H,54,58)/t35-,39?,45-,46-,49-,50+,51+,52-,53-/m1/s1. The Morgan fingerprint density at radius 3 is 2.23 bits per heavy atom. The van der Waals surface area contributed by atoms with E-state index in [0.29, 0.717) is 36.3 Å². The number of urea groups is 1. The second-order valence-electron chi connectivity index (χ2n) is 19.2. The molecule has 1 unspecified atom stereocenters. The Labute approximate surface area is 360 Å². The van der Waals surface area contributed by atoms with Gasteiger partial charge in [0.2, 0.25) is 0 Å². The van der Waals surface area contributed by atoms with Crippen LogP contribution in [0.25, 0.3) is 11.1 Å². The molecular weight excluding hydrogens is 761 g/mol. The zero-order chi connectivity index (χ0) is 42.8. The maximum absolute atomic E-state index is 15.6. The van der Waals surface area contributed by atoms with Crippen molar-refractivity contribution in [2.24, 2.45) is 33.5 Å². The first-order chi connectivity index (χ1) is 29.3. The molecule has 0 saturated heterocycles. The minimum atomic E-state index is -1.27. The van der Waals surface area contributed by atoms with Crippen LogP contribution < -0.4 is 14.8 Å². The Morgan fingerprint density at radius 2 is 1.49 bits per heavy atom. The third kappa shape index (κ3) is 6.38. The number of Topliss-reactive ketones (excluding diaryl/α,β-unsaturated/α-hetero) is 1. The summed E-state index contributed by atoms with van der Waals surface area (Å²) >= 11 is 0. The summed E-state index contributed by atoms with van der Waals surface area (Å²) < 4.78 is 11.3. The Morgan fingerprint density at radius 1 is 0.820 bits per heavy atom. The summed E-state index contributed by atoms with van der Waals surface area (Å²) in [4.78, 5) is 32.0. The molecule has 0 aliphatic heterocycles. The summed E-state index contributed by atoms with van der Waals surface area (Å²) in [6, 6.07) is 33.0. The number of amides is 2. The van der Waals surface area contributed by atoms with Crippen LogP contribution in [0.3, 0.4) is 0 Å². The number of hydrogen-bond acceptors (Lipinski definition) is 6. The van der Waals surface area contributed by atoms with Crippen LogP contribution in [-0.2, 0) is 6.54 Å². The van der Waals surface area contributed by atoms with Crippen molar-refractivity contribution >= 4 is 11.8 Å². The zero-order valence-electron chi connectivity index (χ0n) is 36.2. The predicted octanol–water partition coefficient (Wildman–Crippen LogP) is 10.1. The molecule has 4 aromatic carbocycles. The van der Waals surface area contributed by atoms with Crippen LogP contribution in [-0.4, -0.2) is 59.4 Å². The molecule has 0 radical (unpaired) electrons. The highest BCUT2D eigenvalue weighted by atomic mass is 16.5. The molecule has 4 aromatic rings. The number of aliphatic hydroxyl groups is 2. The van der Waals surface area contributed by atoms with Gasteiger partial charge in [0.25, 0.3) is 0 Å². The van der Waals surface area contributed by atoms with Crippen LogP contribution in [0.5, 0.6) is 11.5 Å². The van der Waals surface area contributed by atoms with Crippen molar-refractivity contribution in [1.82, 2.24) is 10.2 Å². The molecule has 318 valence electrons. The second-order valence-corrected chi connectivity index (χ2v) is 19.2. The molecule has 6 aliphatic carbocycles. The normalized spacial score (nSPS) is 32.4. The Bertz CT molecular complexity index is 2380. The van der Waals surface area contributed by atoms with Crippen molar-refractivity contribution < 1.29 is 29.3 Å². The lowest BCUT2D eigenvalue weighted by Gasteiger charge is -2.71. The smallest absolute Gasteiger partial charge is 0.318 e. The number of hydrogen-bond donors (Lipinski definition) is 3. The molecule has 2 spiro atoms. The average molecular weight is 821 g/mol. The number of nitrogens with zero attached hydrogens (tertiary/aromatic N) is 1. The van der Waals surface area contributed by atoms with Crippen LogP contribution in [0.15, 0.2) is 127 Å². The molecule has 0 heterocycles. The summed E-state index contributed by atoms with van der Waals surface area (Å²) in [5, 5.41) is 27.9. The summed E-state index contributed by atoms with van der Waals surface area (Å²) in [5.74, 6) is 1.34. The lowest BCUT2D eigenvalue weighted by Crippen LogP contribution is -2.67. The average Bonchev–Trinajstić information content (AvgIpc) is 3.55. The van der Waals surface area contributed by atoms with Gasteiger partial charge in [0.15, 0.2) is 5.78 Å². The maximum atomic E-state index is 15.6. The third-order valence-corrected chi connectivity index (χ3v) is 16.4. The highest BCUT2D eigenvalue weighted by Gasteiger charge is 2.74. The first-order valence-electron chi connectivity index (χ1n) is 22.2. The van der Waals surface area contributed by atoms with Gasteiger partial charge in [-0.25, -0.2) is 4.79 Å². The van der Waals surface area contributed by atoms with Crippen molar-refractivity contribution in [3.8, 4) is 22.6 Å². The van der Waals surface area contributed by atoms with Crippen molar-refractivity contribution in [2.45, 2.75) is 90.0 Å². The maximum Gasteiger partial charge on any atom is 0.318 e. The number of rotatable bonds is 11. The highest BCUT2D eigenvalue weighted by molar-refractivity contribution is 6.14. The summed E-state index contributed by atoms with van der Waals surface area (Å²) in [6.45, 7) is 6.92. The van der Waals surface area contributed by atoms with Crippen molar-refractivity contribution in [1.29, 1.82) is 0 Å². The molecule has 61 heavy (non-hydrogen) atoms. The van der Waals surface area contributed by atoms with Gasteiger partial charge in [0, 0.05) is 39.0 Å². The number of aliphatic hydroxyl groups excluding tert-OH is 1. The number of carbonyl (C=O) groups is 2. The number of benzene rings is 4. The van der Waals surface area contributed by atoms with Crippen LogP contribution in [0.1, 0.15) is 93.2 Å². The van der Waals surface area contributed by atoms with E-state index in [2.05, 4.69) is 49.5 Å². The van der Waals surface area contributed by atoms with E-state index in [9.17, 15) is 15.0 Å². The molecule has 3 N–H and O–H groups in total.